The van der Waals surface area contributed by atoms with Crippen molar-refractivity contribution in [1.82, 2.24) is 10.2 Å². The van der Waals surface area contributed by atoms with Gasteiger partial charge in [-0.1, -0.05) is 49.9 Å². The molecule has 1 aromatic rings. The molecule has 0 atom stereocenters. The van der Waals surface area contributed by atoms with E-state index < -0.39 is 0 Å². The number of piperazine rings is 1. The maximum absolute atomic E-state index is 3.44. The van der Waals surface area contributed by atoms with Crippen LogP contribution in [0, 0.1) is 0 Å². The molecule has 0 unspecified atom stereocenters. The summed E-state index contributed by atoms with van der Waals surface area (Å²) in [4.78, 5) is 2.61. The Morgan fingerprint density at radius 1 is 0.952 bits per heavy atom. The highest BCUT2D eigenvalue weighted by molar-refractivity contribution is 5.31. The van der Waals surface area contributed by atoms with Crippen LogP contribution in [0.15, 0.2) is 24.3 Å². The summed E-state index contributed by atoms with van der Waals surface area (Å²) >= 11 is 0. The van der Waals surface area contributed by atoms with Crippen LogP contribution in [0.1, 0.15) is 55.6 Å². The number of benzene rings is 1. The van der Waals surface area contributed by atoms with E-state index in [0.717, 1.165) is 19.0 Å². The third kappa shape index (κ3) is 4.31. The molecule has 2 heteroatoms. The average Bonchev–Trinajstić information content (AvgIpc) is 2.83. The summed E-state index contributed by atoms with van der Waals surface area (Å²) in [5, 5.41) is 3.44. The van der Waals surface area contributed by atoms with Gasteiger partial charge in [-0.05, 0) is 36.3 Å². The van der Waals surface area contributed by atoms with Crippen LogP contribution in [0.5, 0.6) is 0 Å². The van der Waals surface area contributed by atoms with E-state index in [-0.39, 0.29) is 0 Å². The zero-order chi connectivity index (χ0) is 14.3. The van der Waals surface area contributed by atoms with Crippen molar-refractivity contribution in [3.8, 4) is 0 Å². The summed E-state index contributed by atoms with van der Waals surface area (Å²) in [6.07, 6.45) is 9.79. The second-order valence-corrected chi connectivity index (χ2v) is 6.73. The Kier molecular flexibility index (Phi) is 5.70. The molecule has 21 heavy (non-hydrogen) atoms. The van der Waals surface area contributed by atoms with Crippen LogP contribution >= 0.6 is 0 Å². The van der Waals surface area contributed by atoms with Crippen LogP contribution in [-0.2, 0) is 6.42 Å². The SMILES string of the molecule is c1ccc(C2CCCCCC2)c(CCN2CCNCC2)c1. The van der Waals surface area contributed by atoms with Crippen molar-refractivity contribution in [2.24, 2.45) is 0 Å². The van der Waals surface area contributed by atoms with Crippen molar-refractivity contribution < 1.29 is 0 Å². The van der Waals surface area contributed by atoms with Gasteiger partial charge in [-0.3, -0.25) is 0 Å². The van der Waals surface area contributed by atoms with E-state index in [0.29, 0.717) is 0 Å². The molecule has 1 heterocycles. The van der Waals surface area contributed by atoms with Gasteiger partial charge in [-0.2, -0.15) is 0 Å². The van der Waals surface area contributed by atoms with Gasteiger partial charge in [0.1, 0.15) is 0 Å². The first-order chi connectivity index (χ1) is 10.4. The second kappa shape index (κ2) is 7.95. The lowest BCUT2D eigenvalue weighted by molar-refractivity contribution is 0.243. The van der Waals surface area contributed by atoms with E-state index in [9.17, 15) is 0 Å². The molecule has 2 aliphatic rings. The zero-order valence-corrected chi connectivity index (χ0v) is 13.3. The molecule has 1 aliphatic carbocycles. The Labute approximate surface area is 129 Å². The lowest BCUT2D eigenvalue weighted by Gasteiger charge is -2.28. The number of hydrogen-bond donors (Lipinski definition) is 1. The summed E-state index contributed by atoms with van der Waals surface area (Å²) < 4.78 is 0. The van der Waals surface area contributed by atoms with Gasteiger partial charge in [0.2, 0.25) is 0 Å². The summed E-state index contributed by atoms with van der Waals surface area (Å²) in [6.45, 7) is 5.97. The van der Waals surface area contributed by atoms with Gasteiger partial charge in [0.05, 0.1) is 0 Å². The molecule has 0 amide bonds. The minimum Gasteiger partial charge on any atom is -0.314 e. The molecule has 0 spiro atoms. The number of nitrogens with zero attached hydrogens (tertiary/aromatic N) is 1. The van der Waals surface area contributed by atoms with Gasteiger partial charge in [-0.15, -0.1) is 0 Å². The summed E-state index contributed by atoms with van der Waals surface area (Å²) in [5.41, 5.74) is 3.28. The maximum Gasteiger partial charge on any atom is 0.0108 e. The molecule has 1 N–H and O–H groups in total. The topological polar surface area (TPSA) is 15.3 Å². The van der Waals surface area contributed by atoms with E-state index >= 15 is 0 Å². The predicted molar refractivity (Wildman–Crippen MR) is 89.9 cm³/mol. The van der Waals surface area contributed by atoms with Crippen molar-refractivity contribution in [3.63, 3.8) is 0 Å². The van der Waals surface area contributed by atoms with Crippen molar-refractivity contribution in [2.45, 2.75) is 50.9 Å². The van der Waals surface area contributed by atoms with Crippen LogP contribution in [-0.4, -0.2) is 37.6 Å². The summed E-state index contributed by atoms with van der Waals surface area (Å²) in [5.74, 6) is 0.826. The highest BCUT2D eigenvalue weighted by atomic mass is 15.2. The van der Waals surface area contributed by atoms with Crippen LogP contribution in [0.4, 0.5) is 0 Å². The first kappa shape index (κ1) is 15.1. The third-order valence-corrected chi connectivity index (χ3v) is 5.26. The van der Waals surface area contributed by atoms with Gasteiger partial charge in [0, 0.05) is 32.7 Å². The Balaban J connectivity index is 1.63. The Morgan fingerprint density at radius 2 is 1.67 bits per heavy atom. The third-order valence-electron chi connectivity index (χ3n) is 5.26. The van der Waals surface area contributed by atoms with E-state index in [1.54, 1.807) is 11.1 Å². The van der Waals surface area contributed by atoms with Crippen LogP contribution in [0.3, 0.4) is 0 Å². The fourth-order valence-corrected chi connectivity index (χ4v) is 3.96. The Bertz CT molecular complexity index is 415. The molecular formula is C19H30N2. The fraction of sp³-hybridized carbons (Fsp3) is 0.684. The minimum absolute atomic E-state index is 0.826. The molecule has 0 bridgehead atoms. The van der Waals surface area contributed by atoms with Crippen molar-refractivity contribution >= 4 is 0 Å². The molecule has 1 saturated carbocycles. The normalized spacial score (nSPS) is 22.1. The number of hydrogen-bond acceptors (Lipinski definition) is 2. The monoisotopic (exact) mass is 286 g/mol. The van der Waals surface area contributed by atoms with Gasteiger partial charge < -0.3 is 10.2 Å². The molecule has 3 rings (SSSR count). The van der Waals surface area contributed by atoms with Crippen LogP contribution in [0.2, 0.25) is 0 Å². The number of rotatable bonds is 4. The quantitative estimate of drug-likeness (QED) is 0.851. The molecule has 116 valence electrons. The van der Waals surface area contributed by atoms with Gasteiger partial charge in [0.25, 0.3) is 0 Å². The van der Waals surface area contributed by atoms with Gasteiger partial charge in [0.15, 0.2) is 0 Å². The standard InChI is InChI=1S/C19H30N2/c1-2-4-8-17(7-3-1)19-10-6-5-9-18(19)11-14-21-15-12-20-13-16-21/h5-6,9-10,17,20H,1-4,7-8,11-16H2. The second-order valence-electron chi connectivity index (χ2n) is 6.73. The van der Waals surface area contributed by atoms with Gasteiger partial charge >= 0.3 is 0 Å². The largest absolute Gasteiger partial charge is 0.314 e. The Hall–Kier alpha value is -0.860. The molecule has 2 fully saturated rings. The average molecular weight is 286 g/mol. The number of nitrogens with one attached hydrogen (secondary N) is 1. The smallest absolute Gasteiger partial charge is 0.0108 e. The van der Waals surface area contributed by atoms with Crippen molar-refractivity contribution in [3.05, 3.63) is 35.4 Å². The summed E-state index contributed by atoms with van der Waals surface area (Å²) in [7, 11) is 0. The first-order valence-corrected chi connectivity index (χ1v) is 8.94. The van der Waals surface area contributed by atoms with Crippen LogP contribution < -0.4 is 5.32 Å². The molecular weight excluding hydrogens is 256 g/mol. The molecule has 1 saturated heterocycles. The summed E-state index contributed by atoms with van der Waals surface area (Å²) in [6, 6.07) is 9.26. The zero-order valence-electron chi connectivity index (χ0n) is 13.3. The fourth-order valence-electron chi connectivity index (χ4n) is 3.96. The molecule has 1 aliphatic heterocycles. The van der Waals surface area contributed by atoms with E-state index in [4.69, 9.17) is 0 Å². The predicted octanol–water partition coefficient (Wildman–Crippen LogP) is 3.57. The minimum atomic E-state index is 0.826. The maximum atomic E-state index is 3.44. The van der Waals surface area contributed by atoms with Gasteiger partial charge in [-0.25, -0.2) is 0 Å². The van der Waals surface area contributed by atoms with Crippen molar-refractivity contribution in [2.75, 3.05) is 32.7 Å². The molecule has 1 aromatic carbocycles. The van der Waals surface area contributed by atoms with E-state index in [1.165, 1.54) is 64.6 Å². The van der Waals surface area contributed by atoms with Crippen molar-refractivity contribution in [1.29, 1.82) is 0 Å². The Morgan fingerprint density at radius 3 is 2.43 bits per heavy atom. The van der Waals surface area contributed by atoms with E-state index in [2.05, 4.69) is 34.5 Å². The molecule has 0 aromatic heterocycles. The lowest BCUT2D eigenvalue weighted by Crippen LogP contribution is -2.44. The molecule has 0 radical (unpaired) electrons. The lowest BCUT2D eigenvalue weighted by atomic mass is 9.87. The highest BCUT2D eigenvalue weighted by Crippen LogP contribution is 2.33. The highest BCUT2D eigenvalue weighted by Gasteiger charge is 2.17. The van der Waals surface area contributed by atoms with Crippen LogP contribution in [0.25, 0.3) is 0 Å². The first-order valence-electron chi connectivity index (χ1n) is 8.94. The van der Waals surface area contributed by atoms with E-state index in [1.807, 2.05) is 0 Å². The molecule has 2 nitrogen and oxygen atoms in total.